The Kier molecular flexibility index (Phi) is 16.4. The van der Waals surface area contributed by atoms with Crippen LogP contribution in [-0.2, 0) is 19.0 Å². The molecule has 0 aromatic carbocycles. The third-order valence-corrected chi connectivity index (χ3v) is 3.90. The van der Waals surface area contributed by atoms with Crippen molar-refractivity contribution in [3.63, 3.8) is 0 Å². The first kappa shape index (κ1) is 24.4. The molecule has 0 amide bonds. The van der Waals surface area contributed by atoms with E-state index in [1.807, 2.05) is 20.8 Å². The molecule has 25 heavy (non-hydrogen) atoms. The van der Waals surface area contributed by atoms with Gasteiger partial charge in [0.2, 0.25) is 0 Å². The van der Waals surface area contributed by atoms with Gasteiger partial charge in [-0.3, -0.25) is 0 Å². The number of hydrogen-bond acceptors (Lipinski definition) is 4. The number of esters is 1. The minimum absolute atomic E-state index is 0.000918. The maximum absolute atomic E-state index is 11.4. The molecule has 4 heteroatoms. The van der Waals surface area contributed by atoms with Gasteiger partial charge < -0.3 is 14.2 Å². The van der Waals surface area contributed by atoms with Crippen molar-refractivity contribution in [1.29, 1.82) is 0 Å². The highest BCUT2D eigenvalue weighted by atomic mass is 16.6. The summed E-state index contributed by atoms with van der Waals surface area (Å²) in [5.74, 6) is -0.321. The van der Waals surface area contributed by atoms with Gasteiger partial charge >= 0.3 is 5.97 Å². The van der Waals surface area contributed by atoms with Crippen LogP contribution in [-0.4, -0.2) is 38.0 Å². The second-order valence-corrected chi connectivity index (χ2v) is 7.79. The summed E-state index contributed by atoms with van der Waals surface area (Å²) in [4.78, 5) is 11.4. The monoisotopic (exact) mass is 358 g/mol. The normalized spacial score (nSPS) is 11.7. The fourth-order valence-corrected chi connectivity index (χ4v) is 2.61. The average molecular weight is 359 g/mol. The molecule has 150 valence electrons. The van der Waals surface area contributed by atoms with E-state index in [2.05, 4.69) is 6.92 Å². The maximum Gasteiger partial charge on any atom is 0.332 e. The lowest BCUT2D eigenvalue weighted by Crippen LogP contribution is -2.27. The molecule has 0 unspecified atom stereocenters. The first-order valence-electron chi connectivity index (χ1n) is 10.3. The van der Waals surface area contributed by atoms with E-state index < -0.39 is 5.60 Å². The van der Waals surface area contributed by atoms with Crippen LogP contribution >= 0.6 is 0 Å². The van der Waals surface area contributed by atoms with E-state index in [0.29, 0.717) is 13.2 Å². The molecule has 0 aromatic rings. The van der Waals surface area contributed by atoms with Crippen LogP contribution < -0.4 is 0 Å². The quantitative estimate of drug-likeness (QED) is 0.248. The van der Waals surface area contributed by atoms with Gasteiger partial charge in [-0.15, -0.1) is 0 Å². The van der Waals surface area contributed by atoms with E-state index in [1.54, 1.807) is 0 Å². The molecule has 0 radical (unpaired) electrons. The summed E-state index contributed by atoms with van der Waals surface area (Å²) in [5.41, 5.74) is -0.452. The summed E-state index contributed by atoms with van der Waals surface area (Å²) < 4.78 is 15.9. The van der Waals surface area contributed by atoms with Crippen molar-refractivity contribution in [2.45, 2.75) is 104 Å². The molecule has 0 aliphatic rings. The summed E-state index contributed by atoms with van der Waals surface area (Å²) >= 11 is 0. The molecule has 0 aliphatic carbocycles. The van der Waals surface area contributed by atoms with Crippen molar-refractivity contribution in [2.24, 2.45) is 0 Å². The molecule has 0 fully saturated rings. The van der Waals surface area contributed by atoms with Gasteiger partial charge in [0.25, 0.3) is 0 Å². The Balaban J connectivity index is 3.13. The third kappa shape index (κ3) is 21.3. The van der Waals surface area contributed by atoms with Gasteiger partial charge in [-0.05, 0) is 27.2 Å². The molecule has 0 bridgehead atoms. The molecular weight excluding hydrogens is 316 g/mol. The van der Waals surface area contributed by atoms with Crippen molar-refractivity contribution >= 4 is 5.97 Å². The van der Waals surface area contributed by atoms with Crippen LogP contribution in [0.2, 0.25) is 0 Å². The highest BCUT2D eigenvalue weighted by Crippen LogP contribution is 2.11. The summed E-state index contributed by atoms with van der Waals surface area (Å²) in [6.07, 6.45) is 14.8. The lowest BCUT2D eigenvalue weighted by molar-refractivity contribution is -0.160. The van der Waals surface area contributed by atoms with E-state index in [-0.39, 0.29) is 12.6 Å². The van der Waals surface area contributed by atoms with Crippen LogP contribution in [0.15, 0.2) is 0 Å². The van der Waals surface area contributed by atoms with Gasteiger partial charge in [-0.2, -0.15) is 0 Å². The SMILES string of the molecule is CCCCCCCCCCCCCOCCOCC(=O)OC(C)(C)C. The Morgan fingerprint density at radius 3 is 1.68 bits per heavy atom. The van der Waals surface area contributed by atoms with Crippen LogP contribution in [0.4, 0.5) is 0 Å². The second-order valence-electron chi connectivity index (χ2n) is 7.79. The van der Waals surface area contributed by atoms with Crippen LogP contribution in [0.5, 0.6) is 0 Å². The van der Waals surface area contributed by atoms with Crippen molar-refractivity contribution in [2.75, 3.05) is 26.4 Å². The van der Waals surface area contributed by atoms with Crippen molar-refractivity contribution in [3.8, 4) is 0 Å². The standard InChI is InChI=1S/C21H42O4/c1-5-6-7-8-9-10-11-12-13-14-15-16-23-17-18-24-19-20(22)25-21(2,3)4/h5-19H2,1-4H3. The zero-order valence-corrected chi connectivity index (χ0v) is 17.2. The van der Waals surface area contributed by atoms with Gasteiger partial charge in [0.15, 0.2) is 0 Å². The van der Waals surface area contributed by atoms with Crippen LogP contribution in [0.25, 0.3) is 0 Å². The van der Waals surface area contributed by atoms with Gasteiger partial charge in [-0.1, -0.05) is 71.1 Å². The summed E-state index contributed by atoms with van der Waals surface area (Å²) in [7, 11) is 0. The predicted octanol–water partition coefficient (Wildman–Crippen LogP) is 5.67. The molecular formula is C21H42O4. The van der Waals surface area contributed by atoms with Crippen molar-refractivity contribution < 1.29 is 19.0 Å². The summed E-state index contributed by atoms with van der Waals surface area (Å²) in [6.45, 7) is 9.58. The minimum atomic E-state index is -0.452. The summed E-state index contributed by atoms with van der Waals surface area (Å²) in [6, 6.07) is 0. The van der Waals surface area contributed by atoms with E-state index in [4.69, 9.17) is 14.2 Å². The Hall–Kier alpha value is -0.610. The van der Waals surface area contributed by atoms with Crippen LogP contribution in [0, 0.1) is 0 Å². The maximum atomic E-state index is 11.4. The van der Waals surface area contributed by atoms with Gasteiger partial charge in [0.1, 0.15) is 12.2 Å². The molecule has 0 saturated carbocycles. The number of carbonyl (C=O) groups excluding carboxylic acids is 1. The molecule has 0 heterocycles. The fraction of sp³-hybridized carbons (Fsp3) is 0.952. The number of hydrogen-bond donors (Lipinski definition) is 0. The van der Waals surface area contributed by atoms with Crippen LogP contribution in [0.3, 0.4) is 0 Å². The number of rotatable bonds is 17. The number of carbonyl (C=O) groups is 1. The second kappa shape index (κ2) is 16.8. The molecule has 0 rings (SSSR count). The topological polar surface area (TPSA) is 44.8 Å². The Morgan fingerprint density at radius 1 is 0.680 bits per heavy atom. The molecule has 0 saturated heterocycles. The Bertz CT molecular complexity index is 297. The highest BCUT2D eigenvalue weighted by Gasteiger charge is 2.15. The minimum Gasteiger partial charge on any atom is -0.458 e. The van der Waals surface area contributed by atoms with E-state index >= 15 is 0 Å². The molecule has 4 nitrogen and oxygen atoms in total. The lowest BCUT2D eigenvalue weighted by atomic mass is 10.1. The number of ether oxygens (including phenoxy) is 3. The van der Waals surface area contributed by atoms with E-state index in [1.165, 1.54) is 64.2 Å². The Labute approximate surface area is 156 Å². The zero-order valence-electron chi connectivity index (χ0n) is 17.2. The molecule has 0 N–H and O–H groups in total. The van der Waals surface area contributed by atoms with E-state index in [0.717, 1.165) is 13.0 Å². The number of unbranched alkanes of at least 4 members (excludes halogenated alkanes) is 10. The molecule has 0 atom stereocenters. The van der Waals surface area contributed by atoms with E-state index in [9.17, 15) is 4.79 Å². The molecule has 0 aliphatic heterocycles. The van der Waals surface area contributed by atoms with Gasteiger partial charge in [0.05, 0.1) is 13.2 Å². The summed E-state index contributed by atoms with van der Waals surface area (Å²) in [5, 5.41) is 0. The zero-order chi connectivity index (χ0) is 18.8. The molecule has 0 spiro atoms. The predicted molar refractivity (Wildman–Crippen MR) is 104 cm³/mol. The average Bonchev–Trinajstić information content (AvgIpc) is 2.53. The van der Waals surface area contributed by atoms with Crippen LogP contribution in [0.1, 0.15) is 98.3 Å². The van der Waals surface area contributed by atoms with Crippen molar-refractivity contribution in [1.82, 2.24) is 0 Å². The lowest BCUT2D eigenvalue weighted by Gasteiger charge is -2.19. The Morgan fingerprint density at radius 2 is 1.16 bits per heavy atom. The van der Waals surface area contributed by atoms with Gasteiger partial charge in [0, 0.05) is 6.61 Å². The fourth-order valence-electron chi connectivity index (χ4n) is 2.61. The van der Waals surface area contributed by atoms with Gasteiger partial charge in [-0.25, -0.2) is 4.79 Å². The first-order valence-corrected chi connectivity index (χ1v) is 10.3. The first-order chi connectivity index (χ1) is 12.0. The largest absolute Gasteiger partial charge is 0.458 e. The molecule has 0 aromatic heterocycles. The third-order valence-electron chi connectivity index (χ3n) is 3.90. The smallest absolute Gasteiger partial charge is 0.332 e. The highest BCUT2D eigenvalue weighted by molar-refractivity contribution is 5.71. The van der Waals surface area contributed by atoms with Crippen molar-refractivity contribution in [3.05, 3.63) is 0 Å².